The molecular formula is C21H36N6O. The van der Waals surface area contributed by atoms with E-state index in [-0.39, 0.29) is 5.91 Å². The number of hydrogen-bond acceptors (Lipinski definition) is 4. The first-order valence-corrected chi connectivity index (χ1v) is 10.4. The number of piperazine rings is 1. The minimum Gasteiger partial charge on any atom is -0.372 e. The fraction of sp³-hybridized carbons (Fsp3) is 0.619. The van der Waals surface area contributed by atoms with Crippen molar-refractivity contribution < 1.29 is 4.79 Å². The lowest BCUT2D eigenvalue weighted by Gasteiger charge is -2.34. The maximum atomic E-state index is 11.4. The average molecular weight is 389 g/mol. The SMILES string of the molecule is CCN(CCCNC(=NC)NCCN1CCN(C(C)=O)CC1)c1ccccc1. The molecule has 1 aliphatic heterocycles. The molecule has 1 fully saturated rings. The van der Waals surface area contributed by atoms with Crippen molar-refractivity contribution in [3.8, 4) is 0 Å². The van der Waals surface area contributed by atoms with E-state index in [1.807, 2.05) is 11.9 Å². The van der Waals surface area contributed by atoms with Crippen LogP contribution in [0.3, 0.4) is 0 Å². The van der Waals surface area contributed by atoms with Gasteiger partial charge in [0.1, 0.15) is 0 Å². The van der Waals surface area contributed by atoms with E-state index in [2.05, 4.69) is 62.7 Å². The highest BCUT2D eigenvalue weighted by atomic mass is 16.2. The molecule has 156 valence electrons. The van der Waals surface area contributed by atoms with Gasteiger partial charge < -0.3 is 20.4 Å². The van der Waals surface area contributed by atoms with Crippen LogP contribution in [0.1, 0.15) is 20.3 Å². The van der Waals surface area contributed by atoms with Crippen LogP contribution in [-0.2, 0) is 4.79 Å². The highest BCUT2D eigenvalue weighted by Gasteiger charge is 2.17. The van der Waals surface area contributed by atoms with Crippen LogP contribution in [0.15, 0.2) is 35.3 Å². The van der Waals surface area contributed by atoms with Gasteiger partial charge in [-0.1, -0.05) is 18.2 Å². The first-order chi connectivity index (χ1) is 13.6. The van der Waals surface area contributed by atoms with E-state index < -0.39 is 0 Å². The second-order valence-electron chi connectivity index (χ2n) is 7.04. The third-order valence-electron chi connectivity index (χ3n) is 5.16. The van der Waals surface area contributed by atoms with Gasteiger partial charge in [-0.05, 0) is 25.5 Å². The number of rotatable bonds is 9. The molecule has 2 rings (SSSR count). The molecule has 1 aliphatic rings. The van der Waals surface area contributed by atoms with Gasteiger partial charge >= 0.3 is 0 Å². The Morgan fingerprint density at radius 2 is 1.79 bits per heavy atom. The molecule has 0 atom stereocenters. The monoisotopic (exact) mass is 388 g/mol. The number of hydrogen-bond donors (Lipinski definition) is 2. The zero-order chi connectivity index (χ0) is 20.2. The number of aliphatic imine (C=N–C) groups is 1. The van der Waals surface area contributed by atoms with Gasteiger partial charge in [-0.3, -0.25) is 14.7 Å². The molecule has 0 bridgehead atoms. The Bertz CT molecular complexity index is 598. The van der Waals surface area contributed by atoms with E-state index in [9.17, 15) is 4.79 Å². The number of nitrogens with zero attached hydrogens (tertiary/aromatic N) is 4. The first-order valence-electron chi connectivity index (χ1n) is 10.4. The molecule has 1 saturated heterocycles. The fourth-order valence-electron chi connectivity index (χ4n) is 3.42. The summed E-state index contributed by atoms with van der Waals surface area (Å²) in [7, 11) is 1.81. The highest BCUT2D eigenvalue weighted by molar-refractivity contribution is 5.79. The molecule has 1 amide bonds. The molecule has 7 nitrogen and oxygen atoms in total. The number of anilines is 1. The van der Waals surface area contributed by atoms with Gasteiger partial charge in [-0.2, -0.15) is 0 Å². The van der Waals surface area contributed by atoms with Crippen LogP contribution in [0.4, 0.5) is 5.69 Å². The second kappa shape index (κ2) is 12.2. The van der Waals surface area contributed by atoms with Crippen LogP contribution < -0.4 is 15.5 Å². The first kappa shape index (κ1) is 22.0. The number of nitrogens with one attached hydrogen (secondary N) is 2. The van der Waals surface area contributed by atoms with E-state index in [0.717, 1.165) is 71.3 Å². The zero-order valence-corrected chi connectivity index (χ0v) is 17.7. The number of benzene rings is 1. The van der Waals surface area contributed by atoms with Crippen molar-refractivity contribution in [1.29, 1.82) is 0 Å². The molecule has 0 unspecified atom stereocenters. The van der Waals surface area contributed by atoms with Crippen LogP contribution in [0.25, 0.3) is 0 Å². The number of carbonyl (C=O) groups is 1. The predicted octanol–water partition coefficient (Wildman–Crippen LogP) is 1.23. The van der Waals surface area contributed by atoms with Crippen LogP contribution in [0.2, 0.25) is 0 Å². The fourth-order valence-corrected chi connectivity index (χ4v) is 3.42. The van der Waals surface area contributed by atoms with Gasteiger partial charge in [0, 0.05) is 78.6 Å². The maximum absolute atomic E-state index is 11.4. The van der Waals surface area contributed by atoms with Gasteiger partial charge in [-0.25, -0.2) is 0 Å². The summed E-state index contributed by atoms with van der Waals surface area (Å²) in [6, 6.07) is 10.5. The van der Waals surface area contributed by atoms with E-state index in [0.29, 0.717) is 0 Å². The molecule has 0 aromatic heterocycles. The number of carbonyl (C=O) groups excluding carboxylic acids is 1. The van der Waals surface area contributed by atoms with Crippen molar-refractivity contribution in [2.75, 3.05) is 70.9 Å². The Morgan fingerprint density at radius 3 is 2.39 bits per heavy atom. The summed E-state index contributed by atoms with van der Waals surface area (Å²) in [5, 5.41) is 6.79. The van der Waals surface area contributed by atoms with Crippen LogP contribution in [-0.4, -0.2) is 87.6 Å². The summed E-state index contributed by atoms with van der Waals surface area (Å²) in [4.78, 5) is 22.4. The lowest BCUT2D eigenvalue weighted by Crippen LogP contribution is -2.50. The molecule has 0 saturated carbocycles. The average Bonchev–Trinajstić information content (AvgIpc) is 2.73. The maximum Gasteiger partial charge on any atom is 0.219 e. The van der Waals surface area contributed by atoms with E-state index in [1.54, 1.807) is 6.92 Å². The van der Waals surface area contributed by atoms with Crippen molar-refractivity contribution in [2.45, 2.75) is 20.3 Å². The van der Waals surface area contributed by atoms with Crippen molar-refractivity contribution in [3.05, 3.63) is 30.3 Å². The lowest BCUT2D eigenvalue weighted by atomic mass is 10.2. The number of guanidine groups is 1. The van der Waals surface area contributed by atoms with Crippen molar-refractivity contribution >= 4 is 17.6 Å². The Hall–Kier alpha value is -2.28. The third kappa shape index (κ3) is 7.38. The van der Waals surface area contributed by atoms with E-state index >= 15 is 0 Å². The summed E-state index contributed by atoms with van der Waals surface area (Å²) in [5.41, 5.74) is 1.28. The van der Waals surface area contributed by atoms with E-state index in [4.69, 9.17) is 0 Å². The Labute approximate surface area is 169 Å². The normalized spacial score (nSPS) is 15.4. The van der Waals surface area contributed by atoms with Crippen LogP contribution >= 0.6 is 0 Å². The molecule has 7 heteroatoms. The molecule has 1 aromatic carbocycles. The standard InChI is InChI=1S/C21H36N6O/c1-4-26(20-9-6-5-7-10-20)13-8-11-23-21(22-3)24-12-14-25-15-17-27(18-16-25)19(2)28/h5-7,9-10H,4,8,11-18H2,1-3H3,(H2,22,23,24). The molecule has 2 N–H and O–H groups in total. The molecular weight excluding hydrogens is 352 g/mol. The van der Waals surface area contributed by atoms with Crippen molar-refractivity contribution in [2.24, 2.45) is 4.99 Å². The molecule has 0 radical (unpaired) electrons. The quantitative estimate of drug-likeness (QED) is 0.379. The molecule has 0 aliphatic carbocycles. The molecule has 1 aromatic rings. The van der Waals surface area contributed by atoms with E-state index in [1.165, 1.54) is 5.69 Å². The van der Waals surface area contributed by atoms with Crippen LogP contribution in [0.5, 0.6) is 0 Å². The topological polar surface area (TPSA) is 63.2 Å². The highest BCUT2D eigenvalue weighted by Crippen LogP contribution is 2.12. The summed E-state index contributed by atoms with van der Waals surface area (Å²) < 4.78 is 0. The van der Waals surface area contributed by atoms with Gasteiger partial charge in [0.05, 0.1) is 0 Å². The summed E-state index contributed by atoms with van der Waals surface area (Å²) in [5.74, 6) is 1.03. The van der Waals surface area contributed by atoms with Crippen molar-refractivity contribution in [3.63, 3.8) is 0 Å². The number of para-hydroxylation sites is 1. The second-order valence-corrected chi connectivity index (χ2v) is 7.04. The van der Waals surface area contributed by atoms with Gasteiger partial charge in [0.15, 0.2) is 5.96 Å². The van der Waals surface area contributed by atoms with Crippen LogP contribution in [0, 0.1) is 0 Å². The third-order valence-corrected chi connectivity index (χ3v) is 5.16. The summed E-state index contributed by atoms with van der Waals surface area (Å²) in [6.07, 6.45) is 1.05. The molecule has 1 heterocycles. The lowest BCUT2D eigenvalue weighted by molar-refractivity contribution is -0.130. The predicted molar refractivity (Wildman–Crippen MR) is 117 cm³/mol. The Kier molecular flexibility index (Phi) is 9.62. The Morgan fingerprint density at radius 1 is 1.11 bits per heavy atom. The summed E-state index contributed by atoms with van der Waals surface area (Å²) in [6.45, 7) is 12.1. The van der Waals surface area contributed by atoms with Gasteiger partial charge in [0.2, 0.25) is 5.91 Å². The zero-order valence-electron chi connectivity index (χ0n) is 17.7. The minimum absolute atomic E-state index is 0.177. The van der Waals surface area contributed by atoms with Crippen molar-refractivity contribution in [1.82, 2.24) is 20.4 Å². The summed E-state index contributed by atoms with van der Waals surface area (Å²) >= 11 is 0. The minimum atomic E-state index is 0.177. The largest absolute Gasteiger partial charge is 0.372 e. The smallest absolute Gasteiger partial charge is 0.219 e. The molecule has 0 spiro atoms. The molecule has 28 heavy (non-hydrogen) atoms. The van der Waals surface area contributed by atoms with Gasteiger partial charge in [0.25, 0.3) is 0 Å². The van der Waals surface area contributed by atoms with Gasteiger partial charge in [-0.15, -0.1) is 0 Å². The number of amides is 1. The Balaban J connectivity index is 1.59.